The number of ether oxygens (including phenoxy) is 1. The molecule has 0 unspecified atom stereocenters. The van der Waals surface area contributed by atoms with E-state index in [2.05, 4.69) is 23.3 Å². The van der Waals surface area contributed by atoms with Crippen molar-refractivity contribution in [2.45, 2.75) is 51.9 Å². The molecule has 2 rings (SSSR count). The van der Waals surface area contributed by atoms with Gasteiger partial charge in [-0.15, -0.1) is 0 Å². The summed E-state index contributed by atoms with van der Waals surface area (Å²) in [6, 6.07) is 2.38. The maximum atomic E-state index is 9.61. The minimum atomic E-state index is 0.0373. The molecule has 0 saturated carbocycles. The normalized spacial score (nSPS) is 13.4. The van der Waals surface area contributed by atoms with Crippen molar-refractivity contribution in [1.29, 1.82) is 5.26 Å². The molecule has 0 saturated heterocycles. The van der Waals surface area contributed by atoms with E-state index < -0.39 is 0 Å². The number of aliphatic hydroxyl groups is 1. The van der Waals surface area contributed by atoms with E-state index in [4.69, 9.17) is 9.84 Å². The Morgan fingerprint density at radius 1 is 1.26 bits per heavy atom. The minimum Gasteiger partial charge on any atom is -0.394 e. The van der Waals surface area contributed by atoms with Crippen LogP contribution >= 0.6 is 0 Å². The first-order valence-corrected chi connectivity index (χ1v) is 8.74. The van der Waals surface area contributed by atoms with Crippen LogP contribution in [0.4, 0.5) is 5.82 Å². The van der Waals surface area contributed by atoms with E-state index in [-0.39, 0.29) is 6.61 Å². The van der Waals surface area contributed by atoms with Gasteiger partial charge in [0.15, 0.2) is 0 Å². The monoisotopic (exact) mass is 318 g/mol. The Kier molecular flexibility index (Phi) is 7.31. The number of nitrogens with one attached hydrogen (secondary N) is 2. The zero-order valence-corrected chi connectivity index (χ0v) is 14.1. The number of H-pyrrole nitrogens is 1. The number of aromatic nitrogens is 1. The van der Waals surface area contributed by atoms with E-state index in [1.54, 1.807) is 0 Å². The second-order valence-corrected chi connectivity index (χ2v) is 6.00. The highest BCUT2D eigenvalue weighted by Crippen LogP contribution is 2.29. The number of nitrogens with zero attached hydrogens (tertiary/aromatic N) is 1. The van der Waals surface area contributed by atoms with Crippen molar-refractivity contribution in [2.24, 2.45) is 0 Å². The summed E-state index contributed by atoms with van der Waals surface area (Å²) in [7, 11) is 0. The van der Waals surface area contributed by atoms with Crippen LogP contribution < -0.4 is 10.3 Å². The molecule has 0 aromatic carbocycles. The molecule has 1 aromatic heterocycles. The molecule has 1 aromatic rings. The fourth-order valence-electron chi connectivity index (χ4n) is 3.19. The van der Waals surface area contributed by atoms with Gasteiger partial charge in [0.2, 0.25) is 0 Å². The van der Waals surface area contributed by atoms with Crippen LogP contribution in [0.25, 0.3) is 0 Å². The number of hydrogen-bond acceptors (Lipinski definition) is 4. The van der Waals surface area contributed by atoms with Gasteiger partial charge in [0.1, 0.15) is 23.9 Å². The van der Waals surface area contributed by atoms with Gasteiger partial charge < -0.3 is 9.84 Å². The summed E-state index contributed by atoms with van der Waals surface area (Å²) in [6.45, 7) is 3.73. The lowest BCUT2D eigenvalue weighted by molar-refractivity contribution is -0.375. The van der Waals surface area contributed by atoms with Crippen molar-refractivity contribution in [2.75, 3.05) is 31.7 Å². The second-order valence-electron chi connectivity index (χ2n) is 6.00. The number of aliphatic hydroxyl groups excluding tert-OH is 1. The number of fused-ring (bicyclic) bond motifs is 1. The van der Waals surface area contributed by atoms with Gasteiger partial charge in [-0.2, -0.15) is 5.26 Å². The summed E-state index contributed by atoms with van der Waals surface area (Å²) in [5, 5.41) is 21.6. The molecule has 1 aliphatic rings. The van der Waals surface area contributed by atoms with Crippen molar-refractivity contribution in [1.82, 2.24) is 0 Å². The van der Waals surface area contributed by atoms with Gasteiger partial charge in [-0.3, -0.25) is 5.32 Å². The summed E-state index contributed by atoms with van der Waals surface area (Å²) in [6.07, 6.45) is 7.83. The molecule has 0 amide bonds. The second kappa shape index (κ2) is 9.49. The Morgan fingerprint density at radius 3 is 2.74 bits per heavy atom. The molecule has 1 aliphatic carbocycles. The van der Waals surface area contributed by atoms with Crippen LogP contribution in [0.15, 0.2) is 0 Å². The van der Waals surface area contributed by atoms with Crippen LogP contribution in [0.3, 0.4) is 0 Å². The van der Waals surface area contributed by atoms with Gasteiger partial charge in [0, 0.05) is 6.42 Å². The van der Waals surface area contributed by atoms with Gasteiger partial charge in [-0.25, -0.2) is 4.98 Å². The van der Waals surface area contributed by atoms with Gasteiger partial charge in [0.25, 0.3) is 5.82 Å². The fraction of sp³-hybridized carbons (Fsp3) is 0.667. The predicted octanol–water partition coefficient (Wildman–Crippen LogP) is 2.01. The van der Waals surface area contributed by atoms with Crippen molar-refractivity contribution >= 4 is 5.82 Å². The average Bonchev–Trinajstić information content (AvgIpc) is 2.59. The Morgan fingerprint density at radius 2 is 2.04 bits per heavy atom. The number of aryl methyl sites for hydroxylation is 1. The summed E-state index contributed by atoms with van der Waals surface area (Å²) in [4.78, 5) is 3.48. The van der Waals surface area contributed by atoms with Gasteiger partial charge >= 0.3 is 0 Å². The van der Waals surface area contributed by atoms with Crippen molar-refractivity contribution < 1.29 is 14.8 Å². The molecule has 0 spiro atoms. The lowest BCUT2D eigenvalue weighted by atomic mass is 9.86. The number of rotatable bonds is 9. The molecule has 3 N–H and O–H groups in total. The van der Waals surface area contributed by atoms with E-state index in [0.717, 1.165) is 43.5 Å². The van der Waals surface area contributed by atoms with Crippen LogP contribution in [0, 0.1) is 11.3 Å². The quantitative estimate of drug-likeness (QED) is 0.683. The van der Waals surface area contributed by atoms with Crippen LogP contribution in [0.2, 0.25) is 0 Å². The zero-order valence-electron chi connectivity index (χ0n) is 14.1. The molecule has 0 atom stereocenters. The molecule has 5 heteroatoms. The molecular weight excluding hydrogens is 290 g/mol. The third-order valence-electron chi connectivity index (χ3n) is 4.34. The first-order chi connectivity index (χ1) is 11.3. The third kappa shape index (κ3) is 4.66. The lowest BCUT2D eigenvalue weighted by Gasteiger charge is -2.19. The SMILES string of the molecule is CCCCc1[nH+]c(NCCOCCO)c(C#N)c2c1CCCC2. The molecule has 0 bridgehead atoms. The lowest BCUT2D eigenvalue weighted by Crippen LogP contribution is -2.27. The largest absolute Gasteiger partial charge is 0.394 e. The smallest absolute Gasteiger partial charge is 0.290 e. The third-order valence-corrected chi connectivity index (χ3v) is 4.34. The van der Waals surface area contributed by atoms with Gasteiger partial charge in [-0.05, 0) is 43.2 Å². The molecular formula is C18H28N3O2+. The highest BCUT2D eigenvalue weighted by molar-refractivity contribution is 5.56. The number of pyridine rings is 1. The number of anilines is 1. The minimum absolute atomic E-state index is 0.0373. The van der Waals surface area contributed by atoms with E-state index in [0.29, 0.717) is 19.8 Å². The summed E-state index contributed by atoms with van der Waals surface area (Å²) < 4.78 is 5.28. The predicted molar refractivity (Wildman–Crippen MR) is 89.4 cm³/mol. The highest BCUT2D eigenvalue weighted by Gasteiger charge is 2.25. The Labute approximate surface area is 138 Å². The van der Waals surface area contributed by atoms with Crippen molar-refractivity contribution in [3.63, 3.8) is 0 Å². The van der Waals surface area contributed by atoms with Gasteiger partial charge in [0.05, 0.1) is 19.8 Å². The highest BCUT2D eigenvalue weighted by atomic mass is 16.5. The van der Waals surface area contributed by atoms with Crippen LogP contribution in [-0.2, 0) is 24.0 Å². The average molecular weight is 318 g/mol. The Bertz CT molecular complexity index is 552. The van der Waals surface area contributed by atoms with Crippen molar-refractivity contribution in [3.8, 4) is 6.07 Å². The molecule has 0 fully saturated rings. The van der Waals surface area contributed by atoms with Crippen LogP contribution in [0.5, 0.6) is 0 Å². The van der Waals surface area contributed by atoms with E-state index in [1.165, 1.54) is 29.7 Å². The number of unbranched alkanes of at least 4 members (excludes halogenated alkanes) is 1. The number of nitriles is 1. The maximum absolute atomic E-state index is 9.61. The molecule has 23 heavy (non-hydrogen) atoms. The summed E-state index contributed by atoms with van der Waals surface area (Å²) >= 11 is 0. The number of hydrogen-bond donors (Lipinski definition) is 2. The topological polar surface area (TPSA) is 79.4 Å². The van der Waals surface area contributed by atoms with Crippen LogP contribution in [-0.4, -0.2) is 31.5 Å². The fourth-order valence-corrected chi connectivity index (χ4v) is 3.19. The van der Waals surface area contributed by atoms with Crippen molar-refractivity contribution in [3.05, 3.63) is 22.4 Å². The molecule has 5 nitrogen and oxygen atoms in total. The first-order valence-electron chi connectivity index (χ1n) is 8.74. The summed E-state index contributed by atoms with van der Waals surface area (Å²) in [5.74, 6) is 0.826. The molecule has 0 radical (unpaired) electrons. The van der Waals surface area contributed by atoms with E-state index >= 15 is 0 Å². The zero-order chi connectivity index (χ0) is 16.5. The summed E-state index contributed by atoms with van der Waals surface area (Å²) in [5.41, 5.74) is 4.67. The maximum Gasteiger partial charge on any atom is 0.290 e. The Balaban J connectivity index is 2.20. The van der Waals surface area contributed by atoms with E-state index in [1.807, 2.05) is 0 Å². The first kappa shape index (κ1) is 17.7. The van der Waals surface area contributed by atoms with E-state index in [9.17, 15) is 5.26 Å². The molecule has 0 aliphatic heterocycles. The van der Waals surface area contributed by atoms with Gasteiger partial charge in [-0.1, -0.05) is 13.3 Å². The molecule has 126 valence electrons. The Hall–Kier alpha value is -1.64. The molecule has 1 heterocycles. The standard InChI is InChI=1S/C18H27N3O2/c1-2-3-8-17-15-7-5-4-6-14(15)16(13-19)18(21-17)20-9-11-23-12-10-22/h22H,2-12H2,1H3,(H,20,21)/p+1. The van der Waals surface area contributed by atoms with Crippen LogP contribution in [0.1, 0.15) is 55.0 Å². The number of aromatic amines is 1.